The van der Waals surface area contributed by atoms with Gasteiger partial charge in [-0.15, -0.1) is 0 Å². The number of carbonyl (C=O) groups excluding carboxylic acids is 1. The fraction of sp³-hybridized carbons (Fsp3) is 0.348. The number of alkyl halides is 3. The first-order chi connectivity index (χ1) is 17.0. The maximum absolute atomic E-state index is 12.6. The second-order valence-electron chi connectivity index (χ2n) is 7.52. The standard InChI is InChI=1S/C23H20Cl3F3N2O5/c1-13(32)35-22-17(9-16(10-18(22)24)33-8-6-20(25)26)19-11-15(36-31-19)3-2-7-34-21-5-4-14(12-30-21)23(27,28)29/h4-6,9-10,12,15H,2-3,7-8,11H2,1H3. The number of esters is 1. The molecule has 0 radical (unpaired) electrons. The molecule has 0 spiro atoms. The number of carbonyl (C=O) groups is 1. The number of oxime groups is 1. The Balaban J connectivity index is 1.58. The molecule has 1 atom stereocenters. The summed E-state index contributed by atoms with van der Waals surface area (Å²) in [7, 11) is 0. The molecule has 0 aliphatic carbocycles. The van der Waals surface area contributed by atoms with E-state index in [1.807, 2.05) is 0 Å². The van der Waals surface area contributed by atoms with Crippen LogP contribution in [-0.2, 0) is 15.8 Å². The summed E-state index contributed by atoms with van der Waals surface area (Å²) in [6.07, 6.45) is -1.12. The van der Waals surface area contributed by atoms with Crippen LogP contribution >= 0.6 is 34.8 Å². The number of hydrogen-bond acceptors (Lipinski definition) is 7. The highest BCUT2D eigenvalue weighted by molar-refractivity contribution is 6.55. The van der Waals surface area contributed by atoms with Gasteiger partial charge >= 0.3 is 12.1 Å². The van der Waals surface area contributed by atoms with Gasteiger partial charge in [0.1, 0.15) is 23.0 Å². The van der Waals surface area contributed by atoms with Crippen LogP contribution < -0.4 is 14.2 Å². The third-order valence-electron chi connectivity index (χ3n) is 4.78. The van der Waals surface area contributed by atoms with Crippen molar-refractivity contribution in [1.82, 2.24) is 4.98 Å². The quantitative estimate of drug-likeness (QED) is 0.180. The van der Waals surface area contributed by atoms with Crippen molar-refractivity contribution in [2.75, 3.05) is 13.2 Å². The molecule has 36 heavy (non-hydrogen) atoms. The van der Waals surface area contributed by atoms with E-state index in [4.69, 9.17) is 53.9 Å². The van der Waals surface area contributed by atoms with E-state index in [2.05, 4.69) is 10.1 Å². The minimum atomic E-state index is -4.46. The predicted octanol–water partition coefficient (Wildman–Crippen LogP) is 6.73. The van der Waals surface area contributed by atoms with Crippen LogP contribution in [0, 0.1) is 0 Å². The summed E-state index contributed by atoms with van der Waals surface area (Å²) in [6, 6.07) is 5.18. The summed E-state index contributed by atoms with van der Waals surface area (Å²) >= 11 is 17.5. The molecule has 2 heterocycles. The van der Waals surface area contributed by atoms with E-state index in [1.165, 1.54) is 25.1 Å². The topological polar surface area (TPSA) is 79.2 Å². The van der Waals surface area contributed by atoms with Gasteiger partial charge in [0.2, 0.25) is 5.88 Å². The van der Waals surface area contributed by atoms with E-state index < -0.39 is 17.7 Å². The highest BCUT2D eigenvalue weighted by atomic mass is 35.5. The number of pyridine rings is 1. The third kappa shape index (κ3) is 8.18. The van der Waals surface area contributed by atoms with E-state index in [9.17, 15) is 18.0 Å². The van der Waals surface area contributed by atoms with Gasteiger partial charge in [-0.2, -0.15) is 13.2 Å². The molecule has 0 fully saturated rings. The Labute approximate surface area is 219 Å². The zero-order valence-electron chi connectivity index (χ0n) is 18.8. The van der Waals surface area contributed by atoms with E-state index >= 15 is 0 Å². The molecule has 0 bridgehead atoms. The van der Waals surface area contributed by atoms with Gasteiger partial charge in [-0.25, -0.2) is 4.98 Å². The first-order valence-electron chi connectivity index (χ1n) is 10.6. The molecule has 1 aliphatic heterocycles. The fourth-order valence-electron chi connectivity index (χ4n) is 3.18. The van der Waals surface area contributed by atoms with Crippen molar-refractivity contribution < 1.29 is 37.0 Å². The summed E-state index contributed by atoms with van der Waals surface area (Å²) in [6.45, 7) is 1.56. The molecule has 0 saturated heterocycles. The summed E-state index contributed by atoms with van der Waals surface area (Å²) in [4.78, 5) is 20.8. The molecule has 0 amide bonds. The number of hydrogen-bond donors (Lipinski definition) is 0. The molecule has 0 saturated carbocycles. The first-order valence-corrected chi connectivity index (χ1v) is 11.7. The predicted molar refractivity (Wildman–Crippen MR) is 128 cm³/mol. The van der Waals surface area contributed by atoms with E-state index in [-0.39, 0.29) is 40.5 Å². The van der Waals surface area contributed by atoms with Crippen LogP contribution in [0.1, 0.15) is 37.3 Å². The maximum atomic E-state index is 12.6. The molecule has 0 N–H and O–H groups in total. The van der Waals surface area contributed by atoms with Crippen molar-refractivity contribution in [2.45, 2.75) is 38.5 Å². The van der Waals surface area contributed by atoms with Crippen molar-refractivity contribution in [1.29, 1.82) is 0 Å². The molecule has 13 heteroatoms. The van der Waals surface area contributed by atoms with Crippen LogP contribution in [0.3, 0.4) is 0 Å². The van der Waals surface area contributed by atoms with Crippen molar-refractivity contribution in [3.63, 3.8) is 0 Å². The molecule has 1 aromatic heterocycles. The van der Waals surface area contributed by atoms with Gasteiger partial charge in [-0.05, 0) is 31.1 Å². The lowest BCUT2D eigenvalue weighted by molar-refractivity contribution is -0.138. The van der Waals surface area contributed by atoms with Crippen LogP contribution in [0.15, 0.2) is 46.2 Å². The lowest BCUT2D eigenvalue weighted by atomic mass is 10.0. The normalized spacial score (nSPS) is 15.1. The third-order valence-corrected chi connectivity index (χ3v) is 5.37. The second kappa shape index (κ2) is 12.5. The zero-order chi connectivity index (χ0) is 26.3. The number of aromatic nitrogens is 1. The van der Waals surface area contributed by atoms with Gasteiger partial charge in [0.25, 0.3) is 0 Å². The molecule has 1 aromatic carbocycles. The van der Waals surface area contributed by atoms with Crippen molar-refractivity contribution in [3.8, 4) is 17.4 Å². The molecule has 2 aromatic rings. The Bertz CT molecular complexity index is 1140. The number of benzene rings is 1. The summed E-state index contributed by atoms with van der Waals surface area (Å²) < 4.78 is 54.2. The van der Waals surface area contributed by atoms with Gasteiger partial charge in [-0.3, -0.25) is 4.79 Å². The Hall–Kier alpha value is -2.69. The Kier molecular flexibility index (Phi) is 9.69. The van der Waals surface area contributed by atoms with E-state index in [1.54, 1.807) is 6.07 Å². The largest absolute Gasteiger partial charge is 0.489 e. The first kappa shape index (κ1) is 27.9. The van der Waals surface area contributed by atoms with Gasteiger partial charge in [0, 0.05) is 37.2 Å². The maximum Gasteiger partial charge on any atom is 0.417 e. The van der Waals surface area contributed by atoms with Gasteiger partial charge < -0.3 is 19.0 Å². The molecular formula is C23H20Cl3F3N2O5. The SMILES string of the molecule is CC(=O)Oc1c(Cl)cc(OCC=C(Cl)Cl)cc1C1=NOC(CCCOc2ccc(C(F)(F)F)cn2)C1. The van der Waals surface area contributed by atoms with E-state index in [0.29, 0.717) is 36.3 Å². The lowest BCUT2D eigenvalue weighted by Gasteiger charge is -2.13. The van der Waals surface area contributed by atoms with Crippen LogP contribution in [-0.4, -0.2) is 36.0 Å². The average Bonchev–Trinajstić information content (AvgIpc) is 3.26. The molecule has 7 nitrogen and oxygen atoms in total. The average molecular weight is 568 g/mol. The van der Waals surface area contributed by atoms with Gasteiger partial charge in [0.15, 0.2) is 5.75 Å². The van der Waals surface area contributed by atoms with E-state index in [0.717, 1.165) is 12.3 Å². The highest BCUT2D eigenvalue weighted by Crippen LogP contribution is 2.37. The number of halogens is 6. The van der Waals surface area contributed by atoms with Crippen LogP contribution in [0.5, 0.6) is 17.4 Å². The van der Waals surface area contributed by atoms with Crippen molar-refractivity contribution >= 4 is 46.5 Å². The zero-order valence-corrected chi connectivity index (χ0v) is 21.0. The number of nitrogens with zero attached hydrogens (tertiary/aromatic N) is 2. The fourth-order valence-corrected chi connectivity index (χ4v) is 3.55. The molecular weight excluding hydrogens is 548 g/mol. The monoisotopic (exact) mass is 566 g/mol. The smallest absolute Gasteiger partial charge is 0.417 e. The minimum absolute atomic E-state index is 0.0485. The molecule has 194 valence electrons. The van der Waals surface area contributed by atoms with Crippen molar-refractivity contribution in [3.05, 3.63) is 57.2 Å². The molecule has 1 unspecified atom stereocenters. The molecule has 1 aliphatic rings. The van der Waals surface area contributed by atoms with Gasteiger partial charge in [-0.1, -0.05) is 40.0 Å². The van der Waals surface area contributed by atoms with Crippen LogP contribution in [0.25, 0.3) is 0 Å². The highest BCUT2D eigenvalue weighted by Gasteiger charge is 2.31. The summed E-state index contributed by atoms with van der Waals surface area (Å²) in [5, 5.41) is 4.25. The minimum Gasteiger partial charge on any atom is -0.489 e. The van der Waals surface area contributed by atoms with Gasteiger partial charge in [0.05, 0.1) is 22.9 Å². The summed E-state index contributed by atoms with van der Waals surface area (Å²) in [5.41, 5.74) is 0.0853. The van der Waals surface area contributed by atoms with Crippen LogP contribution in [0.4, 0.5) is 13.2 Å². The molecule has 3 rings (SSSR count). The number of rotatable bonds is 10. The van der Waals surface area contributed by atoms with Crippen LogP contribution in [0.2, 0.25) is 5.02 Å². The van der Waals surface area contributed by atoms with Crippen molar-refractivity contribution in [2.24, 2.45) is 5.16 Å². The number of ether oxygens (including phenoxy) is 3. The lowest BCUT2D eigenvalue weighted by Crippen LogP contribution is -2.13. The Morgan fingerprint density at radius 1 is 1.25 bits per heavy atom. The Morgan fingerprint density at radius 3 is 2.67 bits per heavy atom. The summed E-state index contributed by atoms with van der Waals surface area (Å²) in [5.74, 6) is 0.0336. The Morgan fingerprint density at radius 2 is 2.03 bits per heavy atom. The second-order valence-corrected chi connectivity index (χ2v) is 8.94.